The first-order valence-corrected chi connectivity index (χ1v) is 7.42. The van der Waals surface area contributed by atoms with Crippen LogP contribution in [0.25, 0.3) is 0 Å². The standard InChI is InChI=1S/C16H22F3NO5/c1-20(9-11(5-6-21)16(17,18)19)15(22)10-7-12(23-2)14(25-4)13(8-10)24-3/h7-8,11,21H,5-6,9H2,1-4H3. The van der Waals surface area contributed by atoms with Gasteiger partial charge in [-0.1, -0.05) is 0 Å². The zero-order valence-corrected chi connectivity index (χ0v) is 14.5. The Morgan fingerprint density at radius 2 is 1.68 bits per heavy atom. The summed E-state index contributed by atoms with van der Waals surface area (Å²) in [6.07, 6.45) is -4.98. The maximum Gasteiger partial charge on any atom is 0.393 e. The van der Waals surface area contributed by atoms with Crippen LogP contribution in [0.5, 0.6) is 17.2 Å². The van der Waals surface area contributed by atoms with Crippen molar-refractivity contribution in [1.82, 2.24) is 4.90 Å². The van der Waals surface area contributed by atoms with Gasteiger partial charge in [0.2, 0.25) is 5.75 Å². The number of carbonyl (C=O) groups excluding carboxylic acids is 1. The number of halogens is 3. The van der Waals surface area contributed by atoms with Crippen molar-refractivity contribution in [3.8, 4) is 17.2 Å². The molecule has 0 aliphatic carbocycles. The van der Waals surface area contributed by atoms with Gasteiger partial charge in [0.05, 0.1) is 27.2 Å². The molecule has 25 heavy (non-hydrogen) atoms. The van der Waals surface area contributed by atoms with Crippen LogP contribution in [0.1, 0.15) is 16.8 Å². The van der Waals surface area contributed by atoms with Crippen LogP contribution in [-0.4, -0.2) is 63.6 Å². The maximum absolute atomic E-state index is 13.0. The molecule has 0 spiro atoms. The zero-order valence-electron chi connectivity index (χ0n) is 14.5. The zero-order chi connectivity index (χ0) is 19.2. The van der Waals surface area contributed by atoms with E-state index >= 15 is 0 Å². The predicted octanol–water partition coefficient (Wildman–Crippen LogP) is 2.35. The highest BCUT2D eigenvalue weighted by Gasteiger charge is 2.40. The van der Waals surface area contributed by atoms with Gasteiger partial charge < -0.3 is 24.2 Å². The van der Waals surface area contributed by atoms with E-state index in [4.69, 9.17) is 19.3 Å². The van der Waals surface area contributed by atoms with Crippen LogP contribution in [0.15, 0.2) is 12.1 Å². The SMILES string of the molecule is COc1cc(C(=O)N(C)CC(CCO)C(F)(F)F)cc(OC)c1OC. The number of amides is 1. The monoisotopic (exact) mass is 365 g/mol. The third-order valence-corrected chi connectivity index (χ3v) is 3.69. The van der Waals surface area contributed by atoms with Gasteiger partial charge in [0.15, 0.2) is 11.5 Å². The van der Waals surface area contributed by atoms with E-state index in [1.807, 2.05) is 0 Å². The molecule has 142 valence electrons. The van der Waals surface area contributed by atoms with Gasteiger partial charge in [-0.3, -0.25) is 4.79 Å². The molecule has 1 rings (SSSR count). The quantitative estimate of drug-likeness (QED) is 0.766. The molecule has 1 N–H and O–H groups in total. The van der Waals surface area contributed by atoms with Gasteiger partial charge in [-0.25, -0.2) is 0 Å². The Kier molecular flexibility index (Phi) is 7.35. The van der Waals surface area contributed by atoms with Crippen molar-refractivity contribution in [2.24, 2.45) is 5.92 Å². The topological polar surface area (TPSA) is 68.2 Å². The molecule has 0 saturated heterocycles. The summed E-state index contributed by atoms with van der Waals surface area (Å²) in [5, 5.41) is 8.81. The normalized spacial score (nSPS) is 12.5. The number of alkyl halides is 3. The minimum atomic E-state index is -4.51. The van der Waals surface area contributed by atoms with Crippen molar-refractivity contribution in [2.45, 2.75) is 12.6 Å². The number of methoxy groups -OCH3 is 3. The number of aliphatic hydroxyl groups excluding tert-OH is 1. The van der Waals surface area contributed by atoms with Crippen molar-refractivity contribution in [1.29, 1.82) is 0 Å². The number of hydrogen-bond acceptors (Lipinski definition) is 5. The van der Waals surface area contributed by atoms with E-state index in [0.717, 1.165) is 4.90 Å². The van der Waals surface area contributed by atoms with Gasteiger partial charge in [-0.15, -0.1) is 0 Å². The highest BCUT2D eigenvalue weighted by Crippen LogP contribution is 2.38. The Bertz CT molecular complexity index is 567. The smallest absolute Gasteiger partial charge is 0.393 e. The Balaban J connectivity index is 3.09. The van der Waals surface area contributed by atoms with Crippen molar-refractivity contribution >= 4 is 5.91 Å². The molecule has 0 heterocycles. The number of hydrogen-bond donors (Lipinski definition) is 1. The number of aliphatic hydroxyl groups is 1. The second kappa shape index (κ2) is 8.80. The molecule has 0 bridgehead atoms. The number of rotatable bonds is 8. The third kappa shape index (κ3) is 5.15. The molecule has 0 saturated carbocycles. The first-order chi connectivity index (χ1) is 11.7. The third-order valence-electron chi connectivity index (χ3n) is 3.69. The van der Waals surface area contributed by atoms with E-state index < -0.39 is 37.6 Å². The van der Waals surface area contributed by atoms with Crippen molar-refractivity contribution in [3.63, 3.8) is 0 Å². The molecular weight excluding hydrogens is 343 g/mol. The van der Waals surface area contributed by atoms with Crippen LogP contribution in [0.2, 0.25) is 0 Å². The summed E-state index contributed by atoms with van der Waals surface area (Å²) < 4.78 is 54.3. The average Bonchev–Trinajstić information content (AvgIpc) is 2.58. The van der Waals surface area contributed by atoms with Gasteiger partial charge in [0.1, 0.15) is 0 Å². The first kappa shape index (κ1) is 20.9. The molecule has 0 fully saturated rings. The van der Waals surface area contributed by atoms with E-state index in [1.165, 1.54) is 40.5 Å². The molecule has 0 aliphatic rings. The lowest BCUT2D eigenvalue weighted by Crippen LogP contribution is -2.38. The Hall–Kier alpha value is -2.16. The largest absolute Gasteiger partial charge is 0.493 e. The maximum atomic E-state index is 13.0. The fourth-order valence-electron chi connectivity index (χ4n) is 2.35. The number of ether oxygens (including phenoxy) is 3. The second-order valence-electron chi connectivity index (χ2n) is 5.35. The predicted molar refractivity (Wildman–Crippen MR) is 84.3 cm³/mol. The minimum Gasteiger partial charge on any atom is -0.493 e. The van der Waals surface area contributed by atoms with E-state index in [1.54, 1.807) is 0 Å². The van der Waals surface area contributed by atoms with Crippen LogP contribution in [0, 0.1) is 5.92 Å². The van der Waals surface area contributed by atoms with E-state index in [2.05, 4.69) is 0 Å². The fraction of sp³-hybridized carbons (Fsp3) is 0.562. The summed E-state index contributed by atoms with van der Waals surface area (Å²) in [5.41, 5.74) is 0.0990. The summed E-state index contributed by atoms with van der Waals surface area (Å²) >= 11 is 0. The molecule has 0 aromatic heterocycles. The Morgan fingerprint density at radius 1 is 1.16 bits per heavy atom. The van der Waals surface area contributed by atoms with Crippen molar-refractivity contribution in [2.75, 3.05) is 41.5 Å². The molecule has 0 radical (unpaired) electrons. The summed E-state index contributed by atoms with van der Waals surface area (Å²) in [4.78, 5) is 13.4. The lowest BCUT2D eigenvalue weighted by molar-refractivity contribution is -0.180. The molecule has 9 heteroatoms. The lowest BCUT2D eigenvalue weighted by atomic mass is 10.0. The Morgan fingerprint density at radius 3 is 2.04 bits per heavy atom. The minimum absolute atomic E-state index is 0.0990. The van der Waals surface area contributed by atoms with Gasteiger partial charge in [-0.05, 0) is 18.6 Å². The molecule has 1 amide bonds. The molecule has 1 aromatic carbocycles. The van der Waals surface area contributed by atoms with E-state index in [0.29, 0.717) is 0 Å². The average molecular weight is 365 g/mol. The molecule has 6 nitrogen and oxygen atoms in total. The van der Waals surface area contributed by atoms with Gasteiger partial charge >= 0.3 is 6.18 Å². The molecule has 1 unspecified atom stereocenters. The molecule has 1 aromatic rings. The highest BCUT2D eigenvalue weighted by molar-refractivity contribution is 5.95. The van der Waals surface area contributed by atoms with Crippen LogP contribution in [0.4, 0.5) is 13.2 Å². The number of carbonyl (C=O) groups is 1. The van der Waals surface area contributed by atoms with Gasteiger partial charge in [-0.2, -0.15) is 13.2 Å². The van der Waals surface area contributed by atoms with Crippen LogP contribution in [0.3, 0.4) is 0 Å². The van der Waals surface area contributed by atoms with E-state index in [-0.39, 0.29) is 22.8 Å². The van der Waals surface area contributed by atoms with Gasteiger partial charge in [0.25, 0.3) is 5.91 Å². The van der Waals surface area contributed by atoms with Crippen LogP contribution < -0.4 is 14.2 Å². The van der Waals surface area contributed by atoms with Crippen molar-refractivity contribution < 1.29 is 37.3 Å². The van der Waals surface area contributed by atoms with Gasteiger partial charge in [0, 0.05) is 25.8 Å². The summed E-state index contributed by atoms with van der Waals surface area (Å²) in [5.74, 6) is -1.72. The lowest BCUT2D eigenvalue weighted by Gasteiger charge is -2.26. The van der Waals surface area contributed by atoms with Crippen LogP contribution in [-0.2, 0) is 0 Å². The van der Waals surface area contributed by atoms with E-state index in [9.17, 15) is 18.0 Å². The van der Waals surface area contributed by atoms with Crippen LogP contribution >= 0.6 is 0 Å². The summed E-state index contributed by atoms with van der Waals surface area (Å²) in [7, 11) is 5.41. The second-order valence-corrected chi connectivity index (χ2v) is 5.35. The highest BCUT2D eigenvalue weighted by atomic mass is 19.4. The Labute approximate surface area is 144 Å². The molecule has 1 atom stereocenters. The molecular formula is C16H22F3NO5. The fourth-order valence-corrected chi connectivity index (χ4v) is 2.35. The summed E-state index contributed by atoms with van der Waals surface area (Å²) in [6, 6.07) is 2.74. The van der Waals surface area contributed by atoms with Crippen molar-refractivity contribution in [3.05, 3.63) is 17.7 Å². The number of benzene rings is 1. The first-order valence-electron chi connectivity index (χ1n) is 7.42. The summed E-state index contributed by atoms with van der Waals surface area (Å²) in [6.45, 7) is -1.18. The molecule has 0 aliphatic heterocycles. The number of nitrogens with zero attached hydrogens (tertiary/aromatic N) is 1.